The number of likely N-dealkylation sites (tertiary alicyclic amines) is 1. The van der Waals surface area contributed by atoms with Gasteiger partial charge >= 0.3 is 0 Å². The van der Waals surface area contributed by atoms with Crippen molar-refractivity contribution in [2.24, 2.45) is 5.92 Å². The predicted octanol–water partition coefficient (Wildman–Crippen LogP) is 1.64. The molecule has 20 heavy (non-hydrogen) atoms. The molecule has 1 aromatic heterocycles. The molecule has 0 bridgehead atoms. The third kappa shape index (κ3) is 3.10. The van der Waals surface area contributed by atoms with E-state index in [9.17, 15) is 9.59 Å². The number of pyridine rings is 1. The summed E-state index contributed by atoms with van der Waals surface area (Å²) in [6.45, 7) is 2.97. The molecule has 1 aliphatic rings. The largest absolute Gasteiger partial charge is 0.359 e. The zero-order valence-electron chi connectivity index (χ0n) is 11.6. The summed E-state index contributed by atoms with van der Waals surface area (Å²) >= 11 is 6.09. The minimum absolute atomic E-state index is 0.00401. The van der Waals surface area contributed by atoms with Gasteiger partial charge in [0.25, 0.3) is 5.91 Å². The van der Waals surface area contributed by atoms with Crippen LogP contribution in [0.1, 0.15) is 28.9 Å². The summed E-state index contributed by atoms with van der Waals surface area (Å²) in [5.41, 5.74) is 1.21. The number of amides is 2. The number of aryl methyl sites for hydroxylation is 1. The van der Waals surface area contributed by atoms with Crippen LogP contribution in [-0.2, 0) is 4.79 Å². The number of piperidine rings is 1. The van der Waals surface area contributed by atoms with Crippen molar-refractivity contribution in [1.29, 1.82) is 0 Å². The van der Waals surface area contributed by atoms with E-state index in [2.05, 4.69) is 10.3 Å². The molecule has 1 aliphatic heterocycles. The number of halogens is 1. The van der Waals surface area contributed by atoms with Crippen molar-refractivity contribution >= 4 is 23.4 Å². The number of aromatic nitrogens is 1. The number of nitrogens with one attached hydrogen (secondary N) is 1. The van der Waals surface area contributed by atoms with Crippen LogP contribution in [0, 0.1) is 12.8 Å². The van der Waals surface area contributed by atoms with Crippen molar-refractivity contribution in [2.75, 3.05) is 20.1 Å². The molecule has 6 heteroatoms. The Balaban J connectivity index is 2.03. The average molecular weight is 296 g/mol. The van der Waals surface area contributed by atoms with Crippen molar-refractivity contribution in [2.45, 2.75) is 19.8 Å². The van der Waals surface area contributed by atoms with Gasteiger partial charge in [0.05, 0.1) is 10.6 Å². The van der Waals surface area contributed by atoms with Crippen LogP contribution < -0.4 is 5.32 Å². The van der Waals surface area contributed by atoms with E-state index in [0.29, 0.717) is 36.5 Å². The van der Waals surface area contributed by atoms with E-state index in [1.807, 2.05) is 6.92 Å². The summed E-state index contributed by atoms with van der Waals surface area (Å²) in [5.74, 6) is -0.0688. The fraction of sp³-hybridized carbons (Fsp3) is 0.500. The minimum atomic E-state index is -0.113. The highest BCUT2D eigenvalue weighted by Crippen LogP contribution is 2.22. The van der Waals surface area contributed by atoms with Gasteiger partial charge in [0.15, 0.2) is 0 Å². The first-order valence-corrected chi connectivity index (χ1v) is 7.03. The maximum atomic E-state index is 12.4. The lowest BCUT2D eigenvalue weighted by Crippen LogP contribution is -2.42. The maximum absolute atomic E-state index is 12.4. The van der Waals surface area contributed by atoms with E-state index in [4.69, 9.17) is 11.6 Å². The molecule has 1 saturated heterocycles. The number of carbonyl (C=O) groups excluding carboxylic acids is 2. The highest BCUT2D eigenvalue weighted by molar-refractivity contribution is 6.33. The molecule has 2 heterocycles. The van der Waals surface area contributed by atoms with E-state index >= 15 is 0 Å². The topological polar surface area (TPSA) is 62.3 Å². The van der Waals surface area contributed by atoms with E-state index in [0.717, 1.165) is 5.69 Å². The lowest BCUT2D eigenvalue weighted by Gasteiger charge is -2.31. The fourth-order valence-corrected chi connectivity index (χ4v) is 2.69. The predicted molar refractivity (Wildman–Crippen MR) is 76.7 cm³/mol. The zero-order valence-corrected chi connectivity index (χ0v) is 12.4. The second-order valence-corrected chi connectivity index (χ2v) is 5.39. The van der Waals surface area contributed by atoms with Gasteiger partial charge in [-0.2, -0.15) is 0 Å². The molecule has 5 nitrogen and oxygen atoms in total. The Kier molecular flexibility index (Phi) is 4.60. The van der Waals surface area contributed by atoms with Crippen LogP contribution in [0.15, 0.2) is 12.3 Å². The number of carbonyl (C=O) groups is 2. The van der Waals surface area contributed by atoms with Gasteiger partial charge in [0.1, 0.15) is 0 Å². The van der Waals surface area contributed by atoms with Gasteiger partial charge < -0.3 is 10.2 Å². The van der Waals surface area contributed by atoms with Crippen LogP contribution in [0.5, 0.6) is 0 Å². The molecular formula is C14H18ClN3O2. The van der Waals surface area contributed by atoms with Crippen molar-refractivity contribution in [3.05, 3.63) is 28.5 Å². The SMILES string of the molecule is CNC(=O)C1CCN(C(=O)c2cnc(C)cc2Cl)CC1. The normalized spacial score (nSPS) is 16.1. The van der Waals surface area contributed by atoms with E-state index in [-0.39, 0.29) is 17.7 Å². The summed E-state index contributed by atoms with van der Waals surface area (Å²) < 4.78 is 0. The first kappa shape index (κ1) is 14.8. The third-order valence-corrected chi connectivity index (χ3v) is 3.93. The van der Waals surface area contributed by atoms with Crippen LogP contribution in [0.3, 0.4) is 0 Å². The van der Waals surface area contributed by atoms with Crippen LogP contribution in [0.25, 0.3) is 0 Å². The Hall–Kier alpha value is -1.62. The molecule has 1 aromatic rings. The van der Waals surface area contributed by atoms with Crippen LogP contribution in [-0.4, -0.2) is 41.8 Å². The second-order valence-electron chi connectivity index (χ2n) is 4.99. The molecular weight excluding hydrogens is 278 g/mol. The number of hydrogen-bond acceptors (Lipinski definition) is 3. The Morgan fingerprint density at radius 3 is 2.60 bits per heavy atom. The maximum Gasteiger partial charge on any atom is 0.256 e. The summed E-state index contributed by atoms with van der Waals surface area (Å²) in [4.78, 5) is 29.8. The zero-order chi connectivity index (χ0) is 14.7. The summed E-state index contributed by atoms with van der Waals surface area (Å²) in [5, 5.41) is 3.08. The molecule has 2 amide bonds. The highest BCUT2D eigenvalue weighted by atomic mass is 35.5. The van der Waals surface area contributed by atoms with Gasteiger partial charge in [0.2, 0.25) is 5.91 Å². The molecule has 0 aromatic carbocycles. The van der Waals surface area contributed by atoms with Crippen LogP contribution >= 0.6 is 11.6 Å². The number of rotatable bonds is 2. The molecule has 0 atom stereocenters. The van der Waals surface area contributed by atoms with Gasteiger partial charge in [-0.25, -0.2) is 0 Å². The lowest BCUT2D eigenvalue weighted by molar-refractivity contribution is -0.125. The van der Waals surface area contributed by atoms with Gasteiger partial charge in [-0.15, -0.1) is 0 Å². The summed E-state index contributed by atoms with van der Waals surface area (Å²) in [7, 11) is 1.64. The Labute approximate surface area is 123 Å². The Morgan fingerprint density at radius 1 is 1.40 bits per heavy atom. The second kappa shape index (κ2) is 6.22. The standard InChI is InChI=1S/C14H18ClN3O2/c1-9-7-12(15)11(8-17-9)14(20)18-5-3-10(4-6-18)13(19)16-2/h7-8,10H,3-6H2,1-2H3,(H,16,19). The molecule has 0 aliphatic carbocycles. The van der Waals surface area contributed by atoms with E-state index in [1.165, 1.54) is 6.20 Å². The first-order valence-electron chi connectivity index (χ1n) is 6.66. The van der Waals surface area contributed by atoms with E-state index < -0.39 is 0 Å². The third-order valence-electron chi connectivity index (χ3n) is 3.62. The molecule has 0 spiro atoms. The number of nitrogens with zero attached hydrogens (tertiary/aromatic N) is 2. The molecule has 1 fully saturated rings. The molecule has 2 rings (SSSR count). The quantitative estimate of drug-likeness (QED) is 0.902. The van der Waals surface area contributed by atoms with Gasteiger partial charge in [-0.3, -0.25) is 14.6 Å². The summed E-state index contributed by atoms with van der Waals surface area (Å²) in [6, 6.07) is 1.69. The molecule has 108 valence electrons. The van der Waals surface area contributed by atoms with Gasteiger partial charge in [-0.05, 0) is 25.8 Å². The number of hydrogen-bond donors (Lipinski definition) is 1. The van der Waals surface area contributed by atoms with Gasteiger partial charge in [0, 0.05) is 37.9 Å². The smallest absolute Gasteiger partial charge is 0.256 e. The fourth-order valence-electron chi connectivity index (χ4n) is 2.40. The summed E-state index contributed by atoms with van der Waals surface area (Å²) in [6.07, 6.45) is 2.88. The molecule has 0 saturated carbocycles. The average Bonchev–Trinajstić information content (AvgIpc) is 2.46. The van der Waals surface area contributed by atoms with Crippen molar-refractivity contribution in [3.63, 3.8) is 0 Å². The lowest BCUT2D eigenvalue weighted by atomic mass is 9.95. The van der Waals surface area contributed by atoms with Crippen LogP contribution in [0.4, 0.5) is 0 Å². The highest BCUT2D eigenvalue weighted by Gasteiger charge is 2.28. The monoisotopic (exact) mass is 295 g/mol. The van der Waals surface area contributed by atoms with Crippen LogP contribution in [0.2, 0.25) is 5.02 Å². The molecule has 1 N–H and O–H groups in total. The minimum Gasteiger partial charge on any atom is -0.359 e. The van der Waals surface area contributed by atoms with Crippen molar-refractivity contribution < 1.29 is 9.59 Å². The molecule has 0 unspecified atom stereocenters. The Bertz CT molecular complexity index is 525. The van der Waals surface area contributed by atoms with Gasteiger partial charge in [-0.1, -0.05) is 11.6 Å². The van der Waals surface area contributed by atoms with Crippen molar-refractivity contribution in [1.82, 2.24) is 15.2 Å². The van der Waals surface area contributed by atoms with E-state index in [1.54, 1.807) is 18.0 Å². The Morgan fingerprint density at radius 2 is 2.05 bits per heavy atom. The van der Waals surface area contributed by atoms with Crippen molar-refractivity contribution in [3.8, 4) is 0 Å². The molecule has 0 radical (unpaired) electrons. The first-order chi connectivity index (χ1) is 9.52.